The molecular formula is C15H27N3O. The molecule has 108 valence electrons. The van der Waals surface area contributed by atoms with Gasteiger partial charge in [-0.1, -0.05) is 34.6 Å². The summed E-state index contributed by atoms with van der Waals surface area (Å²) in [5, 5.41) is 13.6. The Morgan fingerprint density at radius 2 is 2.16 bits per heavy atom. The van der Waals surface area contributed by atoms with E-state index in [1.807, 2.05) is 18.7 Å². The molecule has 1 saturated carbocycles. The molecule has 2 rings (SSSR count). The van der Waals surface area contributed by atoms with Gasteiger partial charge in [-0.25, -0.2) is 4.98 Å². The molecule has 19 heavy (non-hydrogen) atoms. The van der Waals surface area contributed by atoms with Crippen LogP contribution in [0.2, 0.25) is 0 Å². The zero-order chi connectivity index (χ0) is 14.3. The fourth-order valence-corrected chi connectivity index (χ4v) is 2.61. The second-order valence-electron chi connectivity index (χ2n) is 7.47. The Morgan fingerprint density at radius 3 is 2.58 bits per heavy atom. The molecule has 1 aliphatic rings. The van der Waals surface area contributed by atoms with Gasteiger partial charge in [-0.3, -0.25) is 0 Å². The van der Waals surface area contributed by atoms with Crippen molar-refractivity contribution in [3.8, 4) is 0 Å². The van der Waals surface area contributed by atoms with Crippen LogP contribution in [0, 0.1) is 10.8 Å². The van der Waals surface area contributed by atoms with Gasteiger partial charge in [0.2, 0.25) is 0 Å². The van der Waals surface area contributed by atoms with Crippen LogP contribution in [0.1, 0.15) is 41.0 Å². The quantitative estimate of drug-likeness (QED) is 0.876. The molecule has 4 heteroatoms. The summed E-state index contributed by atoms with van der Waals surface area (Å²) in [5.41, 5.74) is 0.138. The van der Waals surface area contributed by atoms with Crippen LogP contribution in [0.25, 0.3) is 0 Å². The van der Waals surface area contributed by atoms with E-state index in [1.54, 1.807) is 0 Å². The summed E-state index contributed by atoms with van der Waals surface area (Å²) in [6.07, 6.45) is 6.35. The maximum Gasteiger partial charge on any atom is 0.0946 e. The van der Waals surface area contributed by atoms with Crippen molar-refractivity contribution in [2.24, 2.45) is 10.8 Å². The van der Waals surface area contributed by atoms with Gasteiger partial charge in [0, 0.05) is 36.4 Å². The molecule has 0 spiro atoms. The second-order valence-corrected chi connectivity index (χ2v) is 7.47. The Bertz CT molecular complexity index is 406. The first-order valence-corrected chi connectivity index (χ1v) is 7.11. The van der Waals surface area contributed by atoms with E-state index in [2.05, 4.69) is 49.5 Å². The number of aliphatic hydroxyl groups is 1. The highest BCUT2D eigenvalue weighted by molar-refractivity contribution is 5.03. The van der Waals surface area contributed by atoms with E-state index < -0.39 is 0 Å². The zero-order valence-corrected chi connectivity index (χ0v) is 12.7. The third-order valence-electron chi connectivity index (χ3n) is 4.62. The number of imidazole rings is 1. The molecule has 1 aliphatic carbocycles. The molecule has 0 radical (unpaired) electrons. The highest BCUT2D eigenvalue weighted by atomic mass is 16.3. The standard InChI is InChI=1S/C15H27N3O/c1-14(2,3)12(9-18-7-6-16-10-18)17-11-8-13(19)15(11,4)5/h6-7,10-13,17,19H,8-9H2,1-5H3. The van der Waals surface area contributed by atoms with Crippen molar-refractivity contribution in [3.63, 3.8) is 0 Å². The molecule has 3 unspecified atom stereocenters. The van der Waals surface area contributed by atoms with E-state index in [-0.39, 0.29) is 16.9 Å². The number of hydrogen-bond donors (Lipinski definition) is 2. The van der Waals surface area contributed by atoms with Crippen molar-refractivity contribution in [1.29, 1.82) is 0 Å². The molecular weight excluding hydrogens is 238 g/mol. The van der Waals surface area contributed by atoms with Gasteiger partial charge >= 0.3 is 0 Å². The van der Waals surface area contributed by atoms with E-state index in [0.29, 0.717) is 12.1 Å². The lowest BCUT2D eigenvalue weighted by Gasteiger charge is -2.52. The Morgan fingerprint density at radius 1 is 1.47 bits per heavy atom. The van der Waals surface area contributed by atoms with Crippen LogP contribution in [0.3, 0.4) is 0 Å². The number of aromatic nitrogens is 2. The van der Waals surface area contributed by atoms with E-state index in [1.165, 1.54) is 0 Å². The van der Waals surface area contributed by atoms with Gasteiger partial charge in [-0.2, -0.15) is 0 Å². The first kappa shape index (κ1) is 14.5. The van der Waals surface area contributed by atoms with Crippen molar-refractivity contribution in [2.75, 3.05) is 0 Å². The highest BCUT2D eigenvalue weighted by Gasteiger charge is 2.48. The monoisotopic (exact) mass is 265 g/mol. The molecule has 1 aromatic heterocycles. The second kappa shape index (κ2) is 4.91. The molecule has 1 aromatic rings. The minimum atomic E-state index is -0.182. The Hall–Kier alpha value is -0.870. The van der Waals surface area contributed by atoms with Crippen molar-refractivity contribution in [2.45, 2.75) is 65.8 Å². The van der Waals surface area contributed by atoms with Crippen molar-refractivity contribution >= 4 is 0 Å². The SMILES string of the molecule is CC(C)(C)C(Cn1ccnc1)NC1CC(O)C1(C)C. The number of aliphatic hydroxyl groups excluding tert-OH is 1. The average Bonchev–Trinajstić information content (AvgIpc) is 2.78. The third-order valence-corrected chi connectivity index (χ3v) is 4.62. The molecule has 3 atom stereocenters. The van der Waals surface area contributed by atoms with Crippen LogP contribution in [0.4, 0.5) is 0 Å². The molecule has 1 fully saturated rings. The molecule has 0 aromatic carbocycles. The molecule has 0 saturated heterocycles. The number of nitrogens with one attached hydrogen (secondary N) is 1. The smallest absolute Gasteiger partial charge is 0.0946 e. The third kappa shape index (κ3) is 3.00. The maximum atomic E-state index is 9.86. The van der Waals surface area contributed by atoms with Gasteiger partial charge in [0.1, 0.15) is 0 Å². The predicted molar refractivity (Wildman–Crippen MR) is 76.8 cm³/mol. The van der Waals surface area contributed by atoms with Crippen LogP contribution >= 0.6 is 0 Å². The molecule has 2 N–H and O–H groups in total. The highest BCUT2D eigenvalue weighted by Crippen LogP contribution is 2.41. The Labute approximate surface area is 116 Å². The maximum absolute atomic E-state index is 9.86. The minimum absolute atomic E-state index is 0.0293. The summed E-state index contributed by atoms with van der Waals surface area (Å²) in [5.74, 6) is 0. The van der Waals surface area contributed by atoms with Crippen LogP contribution in [0.15, 0.2) is 18.7 Å². The predicted octanol–water partition coefficient (Wildman–Crippen LogP) is 2.05. The summed E-state index contributed by atoms with van der Waals surface area (Å²) in [4.78, 5) is 4.11. The van der Waals surface area contributed by atoms with Gasteiger partial charge in [-0.05, 0) is 11.8 Å². The first-order valence-electron chi connectivity index (χ1n) is 7.11. The van der Waals surface area contributed by atoms with Crippen molar-refractivity contribution < 1.29 is 5.11 Å². The zero-order valence-electron chi connectivity index (χ0n) is 12.7. The lowest BCUT2D eigenvalue weighted by atomic mass is 9.64. The van der Waals surface area contributed by atoms with Crippen LogP contribution in [-0.2, 0) is 6.54 Å². The average molecular weight is 265 g/mol. The summed E-state index contributed by atoms with van der Waals surface area (Å²) < 4.78 is 2.12. The first-order chi connectivity index (χ1) is 8.71. The fourth-order valence-electron chi connectivity index (χ4n) is 2.61. The topological polar surface area (TPSA) is 50.1 Å². The van der Waals surface area contributed by atoms with Crippen LogP contribution in [-0.4, -0.2) is 32.8 Å². The van der Waals surface area contributed by atoms with Crippen LogP contribution < -0.4 is 5.32 Å². The Balaban J connectivity index is 2.03. The Kier molecular flexibility index (Phi) is 3.76. The van der Waals surface area contributed by atoms with Gasteiger partial charge in [-0.15, -0.1) is 0 Å². The molecule has 0 amide bonds. The van der Waals surface area contributed by atoms with Gasteiger partial charge < -0.3 is 15.0 Å². The normalized spacial score (nSPS) is 27.9. The summed E-state index contributed by atoms with van der Waals surface area (Å²) >= 11 is 0. The molecule has 1 heterocycles. The number of hydrogen-bond acceptors (Lipinski definition) is 3. The fraction of sp³-hybridized carbons (Fsp3) is 0.800. The lowest BCUT2D eigenvalue weighted by Crippen LogP contribution is -2.64. The van der Waals surface area contributed by atoms with Crippen LogP contribution in [0.5, 0.6) is 0 Å². The number of nitrogens with zero attached hydrogens (tertiary/aromatic N) is 2. The number of rotatable bonds is 4. The molecule has 0 aliphatic heterocycles. The largest absolute Gasteiger partial charge is 0.392 e. The van der Waals surface area contributed by atoms with E-state index >= 15 is 0 Å². The molecule has 0 bridgehead atoms. The summed E-state index contributed by atoms with van der Waals surface area (Å²) in [6, 6.07) is 0.744. The van der Waals surface area contributed by atoms with Crippen molar-refractivity contribution in [3.05, 3.63) is 18.7 Å². The molecule has 4 nitrogen and oxygen atoms in total. The lowest BCUT2D eigenvalue weighted by molar-refractivity contribution is -0.0806. The van der Waals surface area contributed by atoms with E-state index in [4.69, 9.17) is 0 Å². The van der Waals surface area contributed by atoms with E-state index in [9.17, 15) is 5.11 Å². The van der Waals surface area contributed by atoms with Crippen molar-refractivity contribution in [1.82, 2.24) is 14.9 Å². The van der Waals surface area contributed by atoms with Gasteiger partial charge in [0.05, 0.1) is 12.4 Å². The van der Waals surface area contributed by atoms with Gasteiger partial charge in [0.15, 0.2) is 0 Å². The van der Waals surface area contributed by atoms with Gasteiger partial charge in [0.25, 0.3) is 0 Å². The summed E-state index contributed by atoms with van der Waals surface area (Å²) in [7, 11) is 0. The van der Waals surface area contributed by atoms with E-state index in [0.717, 1.165) is 13.0 Å². The summed E-state index contributed by atoms with van der Waals surface area (Å²) in [6.45, 7) is 11.9. The minimum Gasteiger partial charge on any atom is -0.392 e.